The first-order valence-electron chi connectivity index (χ1n) is 7.62. The summed E-state index contributed by atoms with van der Waals surface area (Å²) in [5.74, 6) is -0.109. The van der Waals surface area contributed by atoms with E-state index >= 15 is 0 Å². The molecule has 0 atom stereocenters. The Balaban J connectivity index is 1.68. The first-order valence-corrected chi connectivity index (χ1v) is 8.44. The molecule has 0 spiro atoms. The van der Waals surface area contributed by atoms with E-state index in [1.807, 2.05) is 60.7 Å². The minimum atomic E-state index is -0.109. The van der Waals surface area contributed by atoms with Gasteiger partial charge in [-0.25, -0.2) is 4.99 Å². The molecule has 0 saturated carbocycles. The quantitative estimate of drug-likeness (QED) is 0.690. The van der Waals surface area contributed by atoms with Crippen molar-refractivity contribution in [3.8, 4) is 0 Å². The molecule has 1 N–H and O–H groups in total. The zero-order valence-corrected chi connectivity index (χ0v) is 13.6. The molecule has 1 fully saturated rings. The molecule has 1 saturated heterocycles. The normalized spacial score (nSPS) is 17.6. The Morgan fingerprint density at radius 1 is 0.875 bits per heavy atom. The third kappa shape index (κ3) is 2.96. The number of thioether (sulfide) groups is 1. The molecule has 0 unspecified atom stereocenters. The number of benzene rings is 3. The average Bonchev–Trinajstić information content (AvgIpc) is 2.95. The molecule has 0 radical (unpaired) electrons. The van der Waals surface area contributed by atoms with Crippen LogP contribution in [0.2, 0.25) is 0 Å². The molecule has 3 aromatic carbocycles. The van der Waals surface area contributed by atoms with E-state index in [4.69, 9.17) is 0 Å². The van der Waals surface area contributed by atoms with E-state index in [-0.39, 0.29) is 5.91 Å². The van der Waals surface area contributed by atoms with Gasteiger partial charge < -0.3 is 5.32 Å². The number of rotatable bonds is 2. The van der Waals surface area contributed by atoms with Gasteiger partial charge in [-0.05, 0) is 46.3 Å². The molecule has 0 aliphatic carbocycles. The number of nitrogens with zero attached hydrogens (tertiary/aromatic N) is 1. The van der Waals surface area contributed by atoms with Crippen LogP contribution in [0.3, 0.4) is 0 Å². The Kier molecular flexibility index (Phi) is 3.89. The van der Waals surface area contributed by atoms with Crippen LogP contribution >= 0.6 is 11.8 Å². The van der Waals surface area contributed by atoms with Crippen molar-refractivity contribution in [1.82, 2.24) is 5.32 Å². The van der Waals surface area contributed by atoms with Crippen LogP contribution in [0, 0.1) is 0 Å². The second-order valence-electron chi connectivity index (χ2n) is 5.39. The van der Waals surface area contributed by atoms with E-state index in [9.17, 15) is 4.79 Å². The fourth-order valence-electron chi connectivity index (χ4n) is 2.62. The van der Waals surface area contributed by atoms with Crippen LogP contribution in [-0.2, 0) is 4.79 Å². The smallest absolute Gasteiger partial charge is 0.264 e. The summed E-state index contributed by atoms with van der Waals surface area (Å²) in [5.41, 5.74) is 1.86. The van der Waals surface area contributed by atoms with Crippen molar-refractivity contribution < 1.29 is 4.79 Å². The SMILES string of the molecule is O=C1NC(=Nc2ccccc2)SC1=Cc1cccc2ccccc12. The van der Waals surface area contributed by atoms with E-state index < -0.39 is 0 Å². The minimum absolute atomic E-state index is 0.109. The van der Waals surface area contributed by atoms with Gasteiger partial charge in [0.15, 0.2) is 5.17 Å². The van der Waals surface area contributed by atoms with Crippen LogP contribution in [0.5, 0.6) is 0 Å². The highest BCUT2D eigenvalue weighted by Crippen LogP contribution is 2.30. The number of aliphatic imine (C=N–C) groups is 1. The second kappa shape index (κ2) is 6.34. The number of hydrogen-bond donors (Lipinski definition) is 1. The summed E-state index contributed by atoms with van der Waals surface area (Å²) in [4.78, 5) is 17.4. The first-order chi connectivity index (χ1) is 11.8. The van der Waals surface area contributed by atoms with Crippen LogP contribution in [-0.4, -0.2) is 11.1 Å². The van der Waals surface area contributed by atoms with E-state index in [2.05, 4.69) is 28.5 Å². The van der Waals surface area contributed by atoms with Crippen LogP contribution in [0.4, 0.5) is 5.69 Å². The molecule has 1 amide bonds. The third-order valence-electron chi connectivity index (χ3n) is 3.75. The van der Waals surface area contributed by atoms with Gasteiger partial charge in [0.1, 0.15) is 0 Å². The highest BCUT2D eigenvalue weighted by molar-refractivity contribution is 8.18. The Hall–Kier alpha value is -2.85. The zero-order chi connectivity index (χ0) is 16.4. The van der Waals surface area contributed by atoms with Crippen LogP contribution in [0.25, 0.3) is 16.8 Å². The molecular weight excluding hydrogens is 316 g/mol. The molecule has 24 heavy (non-hydrogen) atoms. The maximum atomic E-state index is 12.2. The summed E-state index contributed by atoms with van der Waals surface area (Å²) in [6.45, 7) is 0. The van der Waals surface area contributed by atoms with Crippen molar-refractivity contribution in [3.05, 3.63) is 83.3 Å². The fourth-order valence-corrected chi connectivity index (χ4v) is 3.45. The standard InChI is InChI=1S/C20H14N2OS/c23-19-18(24-20(22-19)21-16-10-2-1-3-11-16)13-15-9-6-8-14-7-4-5-12-17(14)15/h1-13H,(H,21,22,23). The predicted molar refractivity (Wildman–Crippen MR) is 101 cm³/mol. The number of amides is 1. The molecular formula is C20H14N2OS. The van der Waals surface area contributed by atoms with E-state index in [1.165, 1.54) is 11.8 Å². The van der Waals surface area contributed by atoms with E-state index in [1.54, 1.807) is 0 Å². The third-order valence-corrected chi connectivity index (χ3v) is 4.66. The van der Waals surface area contributed by atoms with Crippen LogP contribution in [0.1, 0.15) is 5.56 Å². The Labute approximate surface area is 144 Å². The maximum absolute atomic E-state index is 12.2. The van der Waals surface area contributed by atoms with Gasteiger partial charge >= 0.3 is 0 Å². The number of carbonyl (C=O) groups is 1. The summed E-state index contributed by atoms with van der Waals surface area (Å²) < 4.78 is 0. The Morgan fingerprint density at radius 3 is 2.50 bits per heavy atom. The predicted octanol–water partition coefficient (Wildman–Crippen LogP) is 4.73. The van der Waals surface area contributed by atoms with Crippen molar-refractivity contribution in [2.75, 3.05) is 0 Å². The monoisotopic (exact) mass is 330 g/mol. The maximum Gasteiger partial charge on any atom is 0.264 e. The van der Waals surface area contributed by atoms with Crippen LogP contribution in [0.15, 0.2) is 82.7 Å². The van der Waals surface area contributed by atoms with Crippen molar-refractivity contribution in [2.24, 2.45) is 4.99 Å². The summed E-state index contributed by atoms with van der Waals surface area (Å²) in [6, 6.07) is 23.9. The largest absolute Gasteiger partial charge is 0.300 e. The summed E-state index contributed by atoms with van der Waals surface area (Å²) in [7, 11) is 0. The fraction of sp³-hybridized carbons (Fsp3) is 0. The highest BCUT2D eigenvalue weighted by Gasteiger charge is 2.23. The number of carbonyl (C=O) groups excluding carboxylic acids is 1. The van der Waals surface area contributed by atoms with Gasteiger partial charge in [0.2, 0.25) is 0 Å². The van der Waals surface area contributed by atoms with Crippen molar-refractivity contribution in [1.29, 1.82) is 0 Å². The minimum Gasteiger partial charge on any atom is -0.300 e. The topological polar surface area (TPSA) is 41.5 Å². The zero-order valence-electron chi connectivity index (χ0n) is 12.8. The summed E-state index contributed by atoms with van der Waals surface area (Å²) >= 11 is 1.37. The van der Waals surface area contributed by atoms with Gasteiger partial charge in [-0.1, -0.05) is 60.7 Å². The lowest BCUT2D eigenvalue weighted by Crippen LogP contribution is -2.19. The number of fused-ring (bicyclic) bond motifs is 1. The second-order valence-corrected chi connectivity index (χ2v) is 6.42. The molecule has 0 aromatic heterocycles. The van der Waals surface area contributed by atoms with Gasteiger partial charge in [-0.3, -0.25) is 4.79 Å². The Morgan fingerprint density at radius 2 is 1.62 bits per heavy atom. The van der Waals surface area contributed by atoms with E-state index in [0.29, 0.717) is 10.1 Å². The number of hydrogen-bond acceptors (Lipinski definition) is 3. The van der Waals surface area contributed by atoms with Gasteiger partial charge in [-0.15, -0.1) is 0 Å². The molecule has 4 heteroatoms. The van der Waals surface area contributed by atoms with Gasteiger partial charge in [0.05, 0.1) is 10.6 Å². The lowest BCUT2D eigenvalue weighted by Gasteiger charge is -2.02. The van der Waals surface area contributed by atoms with Gasteiger partial charge in [-0.2, -0.15) is 0 Å². The van der Waals surface area contributed by atoms with Crippen molar-refractivity contribution in [2.45, 2.75) is 0 Å². The molecule has 4 rings (SSSR count). The van der Waals surface area contributed by atoms with Crippen molar-refractivity contribution >= 4 is 45.4 Å². The lowest BCUT2D eigenvalue weighted by atomic mass is 10.0. The van der Waals surface area contributed by atoms with Gasteiger partial charge in [0.25, 0.3) is 5.91 Å². The molecule has 3 nitrogen and oxygen atoms in total. The van der Waals surface area contributed by atoms with Gasteiger partial charge in [0, 0.05) is 0 Å². The number of nitrogens with one attached hydrogen (secondary N) is 1. The number of amidine groups is 1. The van der Waals surface area contributed by atoms with Crippen molar-refractivity contribution in [3.63, 3.8) is 0 Å². The molecule has 1 heterocycles. The molecule has 0 bridgehead atoms. The Bertz CT molecular complexity index is 972. The molecule has 1 aliphatic rings. The summed E-state index contributed by atoms with van der Waals surface area (Å²) in [5, 5.41) is 5.73. The highest BCUT2D eigenvalue weighted by atomic mass is 32.2. The average molecular weight is 330 g/mol. The first kappa shape index (κ1) is 14.7. The van der Waals surface area contributed by atoms with Crippen LogP contribution < -0.4 is 5.32 Å². The summed E-state index contributed by atoms with van der Waals surface area (Å²) in [6.07, 6.45) is 1.93. The lowest BCUT2D eigenvalue weighted by molar-refractivity contribution is -0.115. The molecule has 1 aliphatic heterocycles. The number of para-hydroxylation sites is 1. The molecule has 3 aromatic rings. The molecule has 116 valence electrons. The van der Waals surface area contributed by atoms with E-state index in [0.717, 1.165) is 22.0 Å².